The molecule has 2 aromatic heterocycles. The standard InChI is InChI=1S/C13H18N6O2/c1-11-15-13(21-16-11)18-8-5-17(6-9-18)7-10-19-12(20)3-2-4-14-19/h2-4H,5-10H2,1H3. The van der Waals surface area contributed by atoms with Gasteiger partial charge < -0.3 is 9.42 Å². The first-order chi connectivity index (χ1) is 10.2. The lowest BCUT2D eigenvalue weighted by Gasteiger charge is -2.33. The summed E-state index contributed by atoms with van der Waals surface area (Å²) in [4.78, 5) is 20.2. The third kappa shape index (κ3) is 3.27. The summed E-state index contributed by atoms with van der Waals surface area (Å²) < 4.78 is 6.67. The number of nitrogens with zero attached hydrogens (tertiary/aromatic N) is 6. The van der Waals surface area contributed by atoms with Gasteiger partial charge in [-0.2, -0.15) is 10.1 Å². The van der Waals surface area contributed by atoms with Crippen LogP contribution in [0.3, 0.4) is 0 Å². The topological polar surface area (TPSA) is 80.3 Å². The molecule has 1 saturated heterocycles. The normalized spacial score (nSPS) is 16.3. The fourth-order valence-electron chi connectivity index (χ4n) is 2.37. The van der Waals surface area contributed by atoms with Gasteiger partial charge in [0.25, 0.3) is 5.56 Å². The zero-order valence-electron chi connectivity index (χ0n) is 12.0. The molecule has 0 amide bonds. The highest BCUT2D eigenvalue weighted by atomic mass is 16.5. The van der Waals surface area contributed by atoms with Crippen LogP contribution in [0.4, 0.5) is 6.01 Å². The molecule has 0 atom stereocenters. The molecular formula is C13H18N6O2. The Bertz CT molecular complexity index is 644. The second-order valence-electron chi connectivity index (χ2n) is 5.04. The van der Waals surface area contributed by atoms with Crippen molar-refractivity contribution in [1.29, 1.82) is 0 Å². The van der Waals surface area contributed by atoms with E-state index in [4.69, 9.17) is 4.52 Å². The summed E-state index contributed by atoms with van der Waals surface area (Å²) in [6.07, 6.45) is 1.64. The van der Waals surface area contributed by atoms with Crippen molar-refractivity contribution in [3.8, 4) is 0 Å². The molecule has 8 heteroatoms. The molecule has 0 saturated carbocycles. The average Bonchev–Trinajstić information content (AvgIpc) is 2.94. The SMILES string of the molecule is Cc1noc(N2CCN(CCn3ncccc3=O)CC2)n1. The molecular weight excluding hydrogens is 272 g/mol. The third-order valence-corrected chi connectivity index (χ3v) is 3.57. The fraction of sp³-hybridized carbons (Fsp3) is 0.538. The molecule has 1 aliphatic heterocycles. The van der Waals surface area contributed by atoms with Gasteiger partial charge in [0.05, 0.1) is 6.54 Å². The van der Waals surface area contributed by atoms with Crippen LogP contribution in [0.15, 0.2) is 27.6 Å². The maximum absolute atomic E-state index is 11.6. The van der Waals surface area contributed by atoms with Crippen LogP contribution in [0.5, 0.6) is 0 Å². The van der Waals surface area contributed by atoms with Gasteiger partial charge in [0.2, 0.25) is 0 Å². The highest BCUT2D eigenvalue weighted by Crippen LogP contribution is 2.13. The van der Waals surface area contributed by atoms with Gasteiger partial charge in [-0.3, -0.25) is 9.69 Å². The van der Waals surface area contributed by atoms with E-state index in [1.807, 2.05) is 6.92 Å². The van der Waals surface area contributed by atoms with Crippen molar-refractivity contribution in [1.82, 2.24) is 24.8 Å². The molecule has 1 aliphatic rings. The highest BCUT2D eigenvalue weighted by molar-refractivity contribution is 5.25. The van der Waals surface area contributed by atoms with Gasteiger partial charge in [0, 0.05) is 45.0 Å². The lowest BCUT2D eigenvalue weighted by molar-refractivity contribution is 0.236. The molecule has 112 valence electrons. The number of piperazine rings is 1. The number of hydrogen-bond acceptors (Lipinski definition) is 7. The van der Waals surface area contributed by atoms with Crippen LogP contribution in [0.1, 0.15) is 5.82 Å². The molecule has 21 heavy (non-hydrogen) atoms. The minimum absolute atomic E-state index is 0.0579. The summed E-state index contributed by atoms with van der Waals surface area (Å²) in [6.45, 7) is 6.74. The molecule has 0 N–H and O–H groups in total. The Hall–Kier alpha value is -2.22. The molecule has 0 unspecified atom stereocenters. The predicted octanol–water partition coefficient (Wildman–Crippen LogP) is -0.243. The first-order valence-electron chi connectivity index (χ1n) is 7.02. The van der Waals surface area contributed by atoms with Gasteiger partial charge in [-0.15, -0.1) is 0 Å². The molecule has 0 radical (unpaired) electrons. The summed E-state index contributed by atoms with van der Waals surface area (Å²) in [6, 6.07) is 3.78. The Kier molecular flexibility index (Phi) is 3.96. The van der Waals surface area contributed by atoms with E-state index in [9.17, 15) is 4.79 Å². The molecule has 0 bridgehead atoms. The van der Waals surface area contributed by atoms with Gasteiger partial charge >= 0.3 is 6.01 Å². The Morgan fingerprint density at radius 1 is 1.24 bits per heavy atom. The Morgan fingerprint density at radius 2 is 2.05 bits per heavy atom. The second-order valence-corrected chi connectivity index (χ2v) is 5.04. The number of hydrogen-bond donors (Lipinski definition) is 0. The van der Waals surface area contributed by atoms with Gasteiger partial charge in [-0.25, -0.2) is 4.68 Å². The van der Waals surface area contributed by atoms with E-state index in [0.717, 1.165) is 32.7 Å². The van der Waals surface area contributed by atoms with Crippen molar-refractivity contribution in [3.63, 3.8) is 0 Å². The maximum Gasteiger partial charge on any atom is 0.324 e. The van der Waals surface area contributed by atoms with Crippen molar-refractivity contribution < 1.29 is 4.52 Å². The fourth-order valence-corrected chi connectivity index (χ4v) is 2.37. The van der Waals surface area contributed by atoms with Gasteiger partial charge in [0.1, 0.15) is 0 Å². The Morgan fingerprint density at radius 3 is 2.71 bits per heavy atom. The van der Waals surface area contributed by atoms with Gasteiger partial charge in [-0.05, 0) is 13.0 Å². The van der Waals surface area contributed by atoms with Crippen molar-refractivity contribution >= 4 is 6.01 Å². The summed E-state index contributed by atoms with van der Waals surface area (Å²) in [5, 5.41) is 7.87. The number of aryl methyl sites for hydroxylation is 1. The van der Waals surface area contributed by atoms with Crippen molar-refractivity contribution in [2.24, 2.45) is 0 Å². The van der Waals surface area contributed by atoms with Crippen LogP contribution in [0, 0.1) is 6.92 Å². The average molecular weight is 290 g/mol. The molecule has 0 spiro atoms. The monoisotopic (exact) mass is 290 g/mol. The summed E-state index contributed by atoms with van der Waals surface area (Å²) in [5.41, 5.74) is -0.0579. The van der Waals surface area contributed by atoms with Gasteiger partial charge in [0.15, 0.2) is 5.82 Å². The lowest BCUT2D eigenvalue weighted by atomic mass is 10.3. The zero-order valence-corrected chi connectivity index (χ0v) is 12.0. The second kappa shape index (κ2) is 6.04. The number of aromatic nitrogens is 4. The van der Waals surface area contributed by atoms with Crippen LogP contribution in [-0.2, 0) is 6.54 Å². The zero-order chi connectivity index (χ0) is 14.7. The van der Waals surface area contributed by atoms with Crippen LogP contribution in [0.2, 0.25) is 0 Å². The maximum atomic E-state index is 11.6. The number of rotatable bonds is 4. The van der Waals surface area contributed by atoms with E-state index >= 15 is 0 Å². The van der Waals surface area contributed by atoms with Crippen molar-refractivity contribution in [2.75, 3.05) is 37.6 Å². The first-order valence-corrected chi connectivity index (χ1v) is 7.02. The third-order valence-electron chi connectivity index (χ3n) is 3.57. The molecule has 0 aliphatic carbocycles. The Balaban J connectivity index is 1.50. The molecule has 1 fully saturated rings. The van der Waals surface area contributed by atoms with E-state index in [1.54, 1.807) is 12.3 Å². The van der Waals surface area contributed by atoms with E-state index in [-0.39, 0.29) is 5.56 Å². The van der Waals surface area contributed by atoms with E-state index < -0.39 is 0 Å². The summed E-state index contributed by atoms with van der Waals surface area (Å²) in [5.74, 6) is 0.655. The van der Waals surface area contributed by atoms with Crippen LogP contribution < -0.4 is 10.5 Å². The highest BCUT2D eigenvalue weighted by Gasteiger charge is 2.20. The van der Waals surface area contributed by atoms with E-state index in [1.165, 1.54) is 10.7 Å². The molecule has 3 rings (SSSR count). The smallest absolute Gasteiger partial charge is 0.322 e. The summed E-state index contributed by atoms with van der Waals surface area (Å²) in [7, 11) is 0. The minimum Gasteiger partial charge on any atom is -0.322 e. The van der Waals surface area contributed by atoms with Crippen LogP contribution in [-0.4, -0.2) is 57.5 Å². The predicted molar refractivity (Wildman–Crippen MR) is 76.2 cm³/mol. The van der Waals surface area contributed by atoms with Crippen LogP contribution >= 0.6 is 0 Å². The number of anilines is 1. The van der Waals surface area contributed by atoms with Crippen LogP contribution in [0.25, 0.3) is 0 Å². The van der Waals surface area contributed by atoms with E-state index in [0.29, 0.717) is 18.4 Å². The molecule has 8 nitrogen and oxygen atoms in total. The summed E-state index contributed by atoms with van der Waals surface area (Å²) >= 11 is 0. The molecule has 0 aromatic carbocycles. The first kappa shape index (κ1) is 13.7. The minimum atomic E-state index is -0.0579. The van der Waals surface area contributed by atoms with Crippen molar-refractivity contribution in [2.45, 2.75) is 13.5 Å². The van der Waals surface area contributed by atoms with Gasteiger partial charge in [-0.1, -0.05) is 5.16 Å². The quantitative estimate of drug-likeness (QED) is 0.768. The van der Waals surface area contributed by atoms with E-state index in [2.05, 4.69) is 25.0 Å². The Labute approximate surface area is 122 Å². The van der Waals surface area contributed by atoms with Crippen molar-refractivity contribution in [3.05, 3.63) is 34.5 Å². The lowest BCUT2D eigenvalue weighted by Crippen LogP contribution is -2.47. The largest absolute Gasteiger partial charge is 0.324 e. The molecule has 3 heterocycles. The molecule has 2 aromatic rings.